The molecule has 1 saturated heterocycles. The zero-order chi connectivity index (χ0) is 26.7. The fourth-order valence-electron chi connectivity index (χ4n) is 4.40. The number of aryl methyl sites for hydroxylation is 2. The molecule has 0 saturated carbocycles. The quantitative estimate of drug-likeness (QED) is 0.351. The maximum atomic E-state index is 14.0. The number of ether oxygens (including phenoxy) is 1. The minimum absolute atomic E-state index is 0.191. The van der Waals surface area contributed by atoms with Gasteiger partial charge in [0.25, 0.3) is 0 Å². The molecule has 3 nitrogen and oxygen atoms in total. The summed E-state index contributed by atoms with van der Waals surface area (Å²) in [5.41, 5.74) is 2.81. The monoisotopic (exact) mass is 502 g/mol. The van der Waals surface area contributed by atoms with Crippen molar-refractivity contribution in [3.05, 3.63) is 70.8 Å². The van der Waals surface area contributed by atoms with Gasteiger partial charge in [-0.15, -0.1) is 0 Å². The van der Waals surface area contributed by atoms with Gasteiger partial charge in [0.05, 0.1) is 18.4 Å². The highest BCUT2D eigenvalue weighted by atomic mass is 19.4. The Kier molecular flexibility index (Phi) is 11.7. The second-order valence-electron chi connectivity index (χ2n) is 8.89. The molecule has 1 fully saturated rings. The Bertz CT molecular complexity index is 1000. The number of hydrogen-bond donors (Lipinski definition) is 1. The standard InChI is InChI=1S/C28H35F3N2O.C2H6/c1-5-19(3)27(26-8-7-17-32-26)33-25(6-2)22-14-13-21(24(18-22)28(29,30)31)12-9-20-10-15-23(34-4)16-11-20;1-2/h6,10-11,13-16,18-19,26,32H,5,7-9,12,17H2,1-4H3;1-2H3/b25-6-,33-27?;. The third-order valence-electron chi connectivity index (χ3n) is 6.61. The van der Waals surface area contributed by atoms with E-state index in [4.69, 9.17) is 9.73 Å². The highest BCUT2D eigenvalue weighted by molar-refractivity contribution is 5.95. The maximum absolute atomic E-state index is 14.0. The van der Waals surface area contributed by atoms with E-state index in [-0.39, 0.29) is 12.0 Å². The summed E-state index contributed by atoms with van der Waals surface area (Å²) in [5.74, 6) is 0.990. The average Bonchev–Trinajstić information content (AvgIpc) is 3.43. The van der Waals surface area contributed by atoms with E-state index >= 15 is 0 Å². The molecule has 6 heteroatoms. The molecular formula is C30H41F3N2O. The minimum Gasteiger partial charge on any atom is -0.497 e. The Morgan fingerprint density at radius 2 is 1.83 bits per heavy atom. The summed E-state index contributed by atoms with van der Waals surface area (Å²) >= 11 is 0. The van der Waals surface area contributed by atoms with Gasteiger partial charge in [-0.25, -0.2) is 0 Å². The van der Waals surface area contributed by atoms with Crippen LogP contribution in [0.25, 0.3) is 5.70 Å². The van der Waals surface area contributed by atoms with Crippen molar-refractivity contribution in [2.24, 2.45) is 10.9 Å². The van der Waals surface area contributed by atoms with E-state index in [0.717, 1.165) is 42.8 Å². The van der Waals surface area contributed by atoms with Crippen LogP contribution < -0.4 is 10.1 Å². The molecule has 198 valence electrons. The number of nitrogens with zero attached hydrogens (tertiary/aromatic N) is 1. The predicted octanol–water partition coefficient (Wildman–Crippen LogP) is 8.13. The number of hydrogen-bond acceptors (Lipinski definition) is 3. The molecule has 0 bridgehead atoms. The SMILES string of the molecule is C/C=C(\N=C(C(C)CC)C1CCCN1)c1ccc(CCc2ccc(OC)cc2)c(C(F)(F)F)c1.CC. The van der Waals surface area contributed by atoms with Gasteiger partial charge in [0.15, 0.2) is 0 Å². The first-order valence-electron chi connectivity index (χ1n) is 13.1. The van der Waals surface area contributed by atoms with Crippen molar-refractivity contribution in [3.8, 4) is 5.75 Å². The van der Waals surface area contributed by atoms with Crippen LogP contribution in [-0.4, -0.2) is 25.4 Å². The van der Waals surface area contributed by atoms with Crippen molar-refractivity contribution >= 4 is 11.4 Å². The van der Waals surface area contributed by atoms with Crippen LogP contribution in [0.2, 0.25) is 0 Å². The molecule has 2 aromatic carbocycles. The normalized spacial score (nSPS) is 17.4. The van der Waals surface area contributed by atoms with E-state index in [9.17, 15) is 13.2 Å². The topological polar surface area (TPSA) is 33.6 Å². The Hall–Kier alpha value is -2.60. The second-order valence-corrected chi connectivity index (χ2v) is 8.89. The first-order chi connectivity index (χ1) is 17.3. The number of halogens is 3. The van der Waals surface area contributed by atoms with Crippen LogP contribution in [0.1, 0.15) is 76.1 Å². The van der Waals surface area contributed by atoms with Gasteiger partial charge in [-0.3, -0.25) is 4.99 Å². The summed E-state index contributed by atoms with van der Waals surface area (Å²) in [7, 11) is 1.59. The largest absolute Gasteiger partial charge is 0.497 e. The van der Waals surface area contributed by atoms with Crippen molar-refractivity contribution in [3.63, 3.8) is 0 Å². The van der Waals surface area contributed by atoms with Crippen LogP contribution in [0.3, 0.4) is 0 Å². The first kappa shape index (κ1) is 29.6. The predicted molar refractivity (Wildman–Crippen MR) is 145 cm³/mol. The van der Waals surface area contributed by atoms with Crippen LogP contribution in [0.4, 0.5) is 13.2 Å². The third-order valence-corrected chi connectivity index (χ3v) is 6.61. The van der Waals surface area contributed by atoms with Crippen LogP contribution >= 0.6 is 0 Å². The van der Waals surface area contributed by atoms with E-state index in [2.05, 4.69) is 19.2 Å². The molecule has 2 atom stereocenters. The number of nitrogens with one attached hydrogen (secondary N) is 1. The fraction of sp³-hybridized carbons (Fsp3) is 0.500. The summed E-state index contributed by atoms with van der Waals surface area (Å²) in [6, 6.07) is 12.3. The minimum atomic E-state index is -4.43. The molecule has 0 spiro atoms. The highest BCUT2D eigenvalue weighted by Gasteiger charge is 2.34. The van der Waals surface area contributed by atoms with Gasteiger partial charge in [0.2, 0.25) is 0 Å². The van der Waals surface area contributed by atoms with Gasteiger partial charge in [0, 0.05) is 17.3 Å². The van der Waals surface area contributed by atoms with Crippen molar-refractivity contribution in [2.45, 2.75) is 78.9 Å². The highest BCUT2D eigenvalue weighted by Crippen LogP contribution is 2.35. The molecule has 1 N–H and O–H groups in total. The molecule has 3 rings (SSSR count). The molecule has 0 radical (unpaired) electrons. The lowest BCUT2D eigenvalue weighted by Gasteiger charge is -2.21. The van der Waals surface area contributed by atoms with E-state index in [1.807, 2.05) is 51.1 Å². The van der Waals surface area contributed by atoms with Gasteiger partial charge >= 0.3 is 6.18 Å². The zero-order valence-corrected chi connectivity index (χ0v) is 22.5. The Labute approximate surface area is 214 Å². The molecular weight excluding hydrogens is 461 g/mol. The molecule has 1 heterocycles. The number of benzene rings is 2. The Balaban J connectivity index is 0.00000222. The summed E-state index contributed by atoms with van der Waals surface area (Å²) in [5, 5.41) is 3.49. The second kappa shape index (κ2) is 14.2. The third kappa shape index (κ3) is 7.95. The lowest BCUT2D eigenvalue weighted by Crippen LogP contribution is -2.34. The molecule has 0 amide bonds. The summed E-state index contributed by atoms with van der Waals surface area (Å²) in [6.45, 7) is 11.0. The van der Waals surface area contributed by atoms with E-state index in [1.54, 1.807) is 19.2 Å². The molecule has 2 unspecified atom stereocenters. The molecule has 1 aliphatic rings. The Morgan fingerprint density at radius 3 is 2.36 bits per heavy atom. The van der Waals surface area contributed by atoms with Gasteiger partial charge in [-0.1, -0.05) is 58.0 Å². The van der Waals surface area contributed by atoms with E-state index in [1.165, 1.54) is 6.07 Å². The molecule has 36 heavy (non-hydrogen) atoms. The van der Waals surface area contributed by atoms with Crippen molar-refractivity contribution in [1.29, 1.82) is 0 Å². The van der Waals surface area contributed by atoms with Crippen LogP contribution in [0, 0.1) is 5.92 Å². The maximum Gasteiger partial charge on any atom is 0.416 e. The number of aliphatic imine (C=N–C) groups is 1. The molecule has 0 aromatic heterocycles. The van der Waals surface area contributed by atoms with Gasteiger partial charge in [-0.2, -0.15) is 13.2 Å². The fourth-order valence-corrected chi connectivity index (χ4v) is 4.40. The first-order valence-corrected chi connectivity index (χ1v) is 13.1. The van der Waals surface area contributed by atoms with Crippen molar-refractivity contribution in [2.75, 3.05) is 13.7 Å². The van der Waals surface area contributed by atoms with Gasteiger partial charge in [-0.05, 0) is 80.8 Å². The smallest absolute Gasteiger partial charge is 0.416 e. The van der Waals surface area contributed by atoms with Crippen molar-refractivity contribution in [1.82, 2.24) is 5.32 Å². The Morgan fingerprint density at radius 1 is 1.14 bits per heavy atom. The summed E-state index contributed by atoms with van der Waals surface area (Å²) < 4.78 is 47.2. The number of alkyl halides is 3. The summed E-state index contributed by atoms with van der Waals surface area (Å²) in [4.78, 5) is 4.92. The number of rotatable bonds is 9. The molecule has 2 aromatic rings. The number of methoxy groups -OCH3 is 1. The summed E-state index contributed by atoms with van der Waals surface area (Å²) in [6.07, 6.45) is 1.24. The van der Waals surface area contributed by atoms with Crippen LogP contribution in [-0.2, 0) is 19.0 Å². The van der Waals surface area contributed by atoms with Crippen molar-refractivity contribution < 1.29 is 17.9 Å². The zero-order valence-electron chi connectivity index (χ0n) is 22.5. The molecule has 0 aliphatic carbocycles. The van der Waals surface area contributed by atoms with E-state index in [0.29, 0.717) is 29.7 Å². The lowest BCUT2D eigenvalue weighted by atomic mass is 9.94. The number of allylic oxidation sites excluding steroid dienone is 1. The van der Waals surface area contributed by atoms with Gasteiger partial charge < -0.3 is 10.1 Å². The lowest BCUT2D eigenvalue weighted by molar-refractivity contribution is -0.138. The van der Waals surface area contributed by atoms with E-state index < -0.39 is 11.7 Å². The average molecular weight is 503 g/mol. The molecule has 1 aliphatic heterocycles. The van der Waals surface area contributed by atoms with Crippen LogP contribution in [0.15, 0.2) is 53.5 Å². The van der Waals surface area contributed by atoms with Gasteiger partial charge in [0.1, 0.15) is 5.75 Å². The van der Waals surface area contributed by atoms with Crippen LogP contribution in [0.5, 0.6) is 5.75 Å².